The second-order valence-corrected chi connectivity index (χ2v) is 11.6. The van der Waals surface area contributed by atoms with Gasteiger partial charge in [-0.1, -0.05) is 42.0 Å². The van der Waals surface area contributed by atoms with Crippen molar-refractivity contribution in [2.75, 3.05) is 11.5 Å². The Morgan fingerprint density at radius 2 is 1.56 bits per heavy atom. The molecule has 2 saturated carbocycles. The predicted octanol–water partition coefficient (Wildman–Crippen LogP) is 5.64. The molecule has 6 atom stereocenters. The number of ether oxygens (including phenoxy) is 2. The van der Waals surface area contributed by atoms with Crippen molar-refractivity contribution in [3.63, 3.8) is 0 Å². The van der Waals surface area contributed by atoms with Crippen LogP contribution in [0.1, 0.15) is 27.1 Å². The largest absolute Gasteiger partial charge is 0.454 e. The molecular formula is C32H23ClN2O8. The molecule has 1 heterocycles. The van der Waals surface area contributed by atoms with Crippen LogP contribution in [-0.2, 0) is 14.3 Å². The lowest BCUT2D eigenvalue weighted by Gasteiger charge is -2.37. The van der Waals surface area contributed by atoms with E-state index in [-0.39, 0.29) is 62.7 Å². The molecule has 3 fully saturated rings. The van der Waals surface area contributed by atoms with Crippen LogP contribution in [0, 0.1) is 45.6 Å². The summed E-state index contributed by atoms with van der Waals surface area (Å²) in [5.41, 5.74) is 0.0768. The number of carbonyl (C=O) groups excluding carboxylic acids is 4. The lowest BCUT2D eigenvalue weighted by molar-refractivity contribution is -0.385. The van der Waals surface area contributed by atoms with Gasteiger partial charge in [-0.3, -0.25) is 24.5 Å². The third-order valence-corrected chi connectivity index (χ3v) is 9.20. The van der Waals surface area contributed by atoms with Gasteiger partial charge in [0.25, 0.3) is 0 Å². The number of imide groups is 1. The van der Waals surface area contributed by atoms with Crippen molar-refractivity contribution in [2.24, 2.45) is 35.5 Å². The number of nitro benzene ring substituents is 1. The molecule has 2 bridgehead atoms. The normalized spacial score (nSPS) is 26.1. The van der Waals surface area contributed by atoms with Gasteiger partial charge in [-0.2, -0.15) is 0 Å². The second kappa shape index (κ2) is 10.2. The number of rotatable bonds is 8. The van der Waals surface area contributed by atoms with E-state index in [1.54, 1.807) is 18.2 Å². The van der Waals surface area contributed by atoms with Crippen LogP contribution in [-0.4, -0.2) is 35.1 Å². The molecule has 3 aromatic rings. The number of nitro groups is 1. The van der Waals surface area contributed by atoms with Crippen molar-refractivity contribution in [2.45, 2.75) is 6.42 Å². The summed E-state index contributed by atoms with van der Waals surface area (Å²) in [7, 11) is 0. The highest BCUT2D eigenvalue weighted by molar-refractivity contribution is 6.32. The van der Waals surface area contributed by atoms with Gasteiger partial charge in [0.1, 0.15) is 5.75 Å². The average Bonchev–Trinajstić information content (AvgIpc) is 3.79. The molecule has 0 spiro atoms. The zero-order valence-electron chi connectivity index (χ0n) is 22.4. The van der Waals surface area contributed by atoms with Crippen LogP contribution in [0.15, 0.2) is 78.9 Å². The maximum atomic E-state index is 13.6. The molecule has 4 aliphatic carbocycles. The molecule has 43 heavy (non-hydrogen) atoms. The topological polar surface area (TPSA) is 133 Å². The summed E-state index contributed by atoms with van der Waals surface area (Å²) in [6, 6.07) is 16.1. The quantitative estimate of drug-likeness (QED) is 0.0812. The van der Waals surface area contributed by atoms with E-state index in [9.17, 15) is 29.3 Å². The first-order chi connectivity index (χ1) is 20.7. The van der Waals surface area contributed by atoms with Gasteiger partial charge in [-0.05, 0) is 72.6 Å². The molecule has 1 saturated heterocycles. The van der Waals surface area contributed by atoms with Gasteiger partial charge in [0.05, 0.1) is 33.0 Å². The molecule has 0 unspecified atom stereocenters. The minimum absolute atomic E-state index is 0.0196. The van der Waals surface area contributed by atoms with E-state index in [1.165, 1.54) is 48.5 Å². The lowest BCUT2D eigenvalue weighted by Crippen LogP contribution is -2.40. The zero-order valence-corrected chi connectivity index (χ0v) is 23.2. The number of para-hydroxylation sites is 2. The zero-order chi connectivity index (χ0) is 30.0. The number of hydrogen-bond acceptors (Lipinski definition) is 8. The van der Waals surface area contributed by atoms with Crippen molar-refractivity contribution in [3.8, 4) is 11.5 Å². The number of nitrogens with zero attached hydrogens (tertiary/aromatic N) is 2. The van der Waals surface area contributed by atoms with Gasteiger partial charge in [0.15, 0.2) is 12.4 Å². The number of anilines is 1. The SMILES string of the molecule is O=C(COC(=O)c1ccccc1N1C(=O)[C@@H]2[C@H]3C=C[C@H]([C@H]4C[C@H]34)[C@@H]2C1=O)c1ccc(Oc2c(Cl)cccc2[N+](=O)[O-])cc1. The second-order valence-electron chi connectivity index (χ2n) is 11.2. The van der Waals surface area contributed by atoms with Gasteiger partial charge < -0.3 is 9.47 Å². The number of ketones is 1. The Morgan fingerprint density at radius 3 is 2.21 bits per heavy atom. The van der Waals surface area contributed by atoms with Crippen molar-refractivity contribution in [1.29, 1.82) is 0 Å². The van der Waals surface area contributed by atoms with Crippen LogP contribution in [0.25, 0.3) is 0 Å². The van der Waals surface area contributed by atoms with E-state index in [2.05, 4.69) is 12.2 Å². The first kappa shape index (κ1) is 27.0. The van der Waals surface area contributed by atoms with E-state index >= 15 is 0 Å². The Morgan fingerprint density at radius 1 is 0.907 bits per heavy atom. The number of amides is 2. The van der Waals surface area contributed by atoms with E-state index in [1.807, 2.05) is 0 Å². The summed E-state index contributed by atoms with van der Waals surface area (Å²) in [6.07, 6.45) is 5.21. The van der Waals surface area contributed by atoms with Crippen molar-refractivity contribution in [1.82, 2.24) is 0 Å². The summed E-state index contributed by atoms with van der Waals surface area (Å²) in [4.78, 5) is 64.9. The van der Waals surface area contributed by atoms with Crippen LogP contribution in [0.5, 0.6) is 11.5 Å². The summed E-state index contributed by atoms with van der Waals surface area (Å²) >= 11 is 6.07. The highest BCUT2D eigenvalue weighted by Crippen LogP contribution is 2.65. The van der Waals surface area contributed by atoms with Crippen molar-refractivity contribution < 1.29 is 33.6 Å². The molecule has 0 radical (unpaired) electrons. The van der Waals surface area contributed by atoms with Crippen LogP contribution in [0.2, 0.25) is 5.02 Å². The Hall–Kier alpha value is -4.83. The van der Waals surface area contributed by atoms with Crippen LogP contribution < -0.4 is 9.64 Å². The highest BCUT2D eigenvalue weighted by atomic mass is 35.5. The van der Waals surface area contributed by atoms with E-state index in [0.29, 0.717) is 11.8 Å². The molecule has 2 amide bonds. The Labute approximate surface area is 250 Å². The van der Waals surface area contributed by atoms with Gasteiger partial charge in [0, 0.05) is 11.6 Å². The Balaban J connectivity index is 1.03. The van der Waals surface area contributed by atoms with Gasteiger partial charge in [-0.25, -0.2) is 9.69 Å². The standard InChI is InChI=1S/C32H23ClN2O8/c33-23-5-3-7-25(35(40)41)29(23)43-17-10-8-16(9-11-17)26(36)15-42-32(39)20-4-1-2-6-24(20)34-30(37)27-18-12-13-19(22-14-21(18)22)28(27)31(34)38/h1-13,18-19,21-22,27-28H,14-15H2/t18-,19+,21-,22-,27+,28-/m1/s1. The van der Waals surface area contributed by atoms with Crippen molar-refractivity contribution in [3.05, 3.63) is 105 Å². The smallest absolute Gasteiger partial charge is 0.340 e. The number of benzene rings is 3. The molecule has 8 rings (SSSR count). The Bertz CT molecular complexity index is 1720. The van der Waals surface area contributed by atoms with Gasteiger partial charge in [0.2, 0.25) is 17.6 Å². The first-order valence-corrected chi connectivity index (χ1v) is 14.2. The van der Waals surface area contributed by atoms with Crippen molar-refractivity contribution >= 4 is 46.5 Å². The fourth-order valence-corrected chi connectivity index (χ4v) is 7.10. The maximum absolute atomic E-state index is 13.6. The summed E-state index contributed by atoms with van der Waals surface area (Å²) in [5.74, 6) is -1.66. The summed E-state index contributed by atoms with van der Waals surface area (Å²) in [6.45, 7) is -0.589. The lowest BCUT2D eigenvalue weighted by atomic mass is 9.63. The number of halogens is 1. The van der Waals surface area contributed by atoms with E-state index in [0.717, 1.165) is 11.3 Å². The molecule has 0 N–H and O–H groups in total. The van der Waals surface area contributed by atoms with E-state index in [4.69, 9.17) is 21.1 Å². The fourth-order valence-electron chi connectivity index (χ4n) is 6.90. The third kappa shape index (κ3) is 4.40. The molecule has 1 aliphatic heterocycles. The Kier molecular flexibility index (Phi) is 6.39. The molecule has 10 nitrogen and oxygen atoms in total. The molecular weight excluding hydrogens is 576 g/mol. The summed E-state index contributed by atoms with van der Waals surface area (Å²) < 4.78 is 10.9. The summed E-state index contributed by atoms with van der Waals surface area (Å²) in [5, 5.41) is 11.4. The third-order valence-electron chi connectivity index (χ3n) is 8.90. The van der Waals surface area contributed by atoms with Gasteiger partial charge in [-0.15, -0.1) is 0 Å². The number of allylic oxidation sites excluding steroid dienone is 2. The monoisotopic (exact) mass is 598 g/mol. The first-order valence-electron chi connectivity index (χ1n) is 13.8. The van der Waals surface area contributed by atoms with Crippen LogP contribution >= 0.6 is 11.6 Å². The number of hydrogen-bond donors (Lipinski definition) is 0. The number of carbonyl (C=O) groups is 4. The molecule has 216 valence electrons. The number of esters is 1. The average molecular weight is 599 g/mol. The number of Topliss-reactive ketones (excluding diaryl/α,β-unsaturated/α-hetero) is 1. The molecule has 3 aromatic carbocycles. The minimum atomic E-state index is -0.839. The van der Waals surface area contributed by atoms with E-state index < -0.39 is 35.1 Å². The minimum Gasteiger partial charge on any atom is -0.454 e. The predicted molar refractivity (Wildman–Crippen MR) is 153 cm³/mol. The van der Waals surface area contributed by atoms with Crippen LogP contribution in [0.3, 0.4) is 0 Å². The maximum Gasteiger partial charge on any atom is 0.340 e. The highest BCUT2D eigenvalue weighted by Gasteiger charge is 2.67. The molecule has 0 aromatic heterocycles. The molecule has 11 heteroatoms. The molecule has 5 aliphatic rings. The van der Waals surface area contributed by atoms with Gasteiger partial charge >= 0.3 is 11.7 Å². The van der Waals surface area contributed by atoms with Crippen LogP contribution in [0.4, 0.5) is 11.4 Å². The fraction of sp³-hybridized carbons (Fsp3) is 0.250.